The molecule has 0 saturated heterocycles. The fraction of sp³-hybridized carbons (Fsp3) is 0. The normalized spacial score (nSPS) is 3.71. The Hall–Kier alpha value is 1.76. The van der Waals surface area contributed by atoms with Crippen molar-refractivity contribution in [2.45, 2.75) is 0 Å². The summed E-state index contributed by atoms with van der Waals surface area (Å²) in [7, 11) is 0. The van der Waals surface area contributed by atoms with Gasteiger partial charge in [0.1, 0.15) is 0 Å². The van der Waals surface area contributed by atoms with Crippen molar-refractivity contribution in [3.05, 3.63) is 0 Å². The molecule has 0 amide bonds. The quantitative estimate of drug-likeness (QED) is 0.515. The molecule has 0 saturated carbocycles. The van der Waals surface area contributed by atoms with Crippen LogP contribution in [0.25, 0.3) is 0 Å². The molecule has 0 aromatic heterocycles. The van der Waals surface area contributed by atoms with Crippen LogP contribution in [0.1, 0.15) is 0 Å². The van der Waals surface area contributed by atoms with Gasteiger partial charge in [0.15, 0.2) is 0 Å². The molecular formula is C2FeKN2Zn. The minimum atomic E-state index is 0. The minimum Gasteiger partial charge on any atom is 0 e. The summed E-state index contributed by atoms with van der Waals surface area (Å²) in [6.07, 6.45) is 0. The molecule has 0 atom stereocenters. The van der Waals surface area contributed by atoms with E-state index in [0.29, 0.717) is 0 Å². The van der Waals surface area contributed by atoms with E-state index in [1.807, 2.05) is 0 Å². The first-order valence-electron chi connectivity index (χ1n) is 0.801. The third kappa shape index (κ3) is 18.2. The summed E-state index contributed by atoms with van der Waals surface area (Å²) < 4.78 is 0. The van der Waals surface area contributed by atoms with E-state index in [1.54, 1.807) is 9.94 Å². The van der Waals surface area contributed by atoms with Crippen molar-refractivity contribution in [3.63, 3.8) is 0 Å². The summed E-state index contributed by atoms with van der Waals surface area (Å²) in [5.41, 5.74) is 0. The van der Waals surface area contributed by atoms with Crippen molar-refractivity contribution in [3.8, 4) is 9.94 Å². The number of rotatable bonds is 0. The van der Waals surface area contributed by atoms with Crippen molar-refractivity contribution in [2.75, 3.05) is 0 Å². The zero-order valence-electron chi connectivity index (χ0n) is 3.96. The van der Waals surface area contributed by atoms with Crippen LogP contribution in [0.2, 0.25) is 0 Å². The zero-order valence-corrected chi connectivity index (χ0v) is 11.1. The van der Waals surface area contributed by atoms with Crippen LogP contribution >= 0.6 is 0 Å². The van der Waals surface area contributed by atoms with Gasteiger partial charge in [-0.1, -0.05) is 0 Å². The summed E-state index contributed by atoms with van der Waals surface area (Å²) in [5, 5.41) is 15.2. The molecular weight excluding hydrogens is 212 g/mol. The second kappa shape index (κ2) is 15.7. The van der Waals surface area contributed by atoms with E-state index in [-0.39, 0.29) is 85.8 Å². The van der Waals surface area contributed by atoms with E-state index < -0.39 is 0 Å². The molecule has 0 aliphatic carbocycles. The Bertz CT molecular complexity index is 80.8. The summed E-state index contributed by atoms with van der Waals surface area (Å²) >= 11 is 0. The van der Waals surface area contributed by atoms with Crippen LogP contribution in [0.5, 0.6) is 0 Å². The van der Waals surface area contributed by atoms with Gasteiger partial charge in [0, 0.05) is 70.9 Å². The smallest absolute Gasteiger partial charge is 0 e. The average molecular weight is 212 g/mol. The molecule has 7 heavy (non-hydrogen) atoms. The molecule has 2 nitrogen and oxygen atoms in total. The molecule has 29 valence electrons. The van der Waals surface area contributed by atoms with Crippen LogP contribution in [-0.4, -0.2) is 51.4 Å². The number of nitriles is 2. The maximum Gasteiger partial charge on any atom is 0 e. The summed E-state index contributed by atoms with van der Waals surface area (Å²) in [6.45, 7) is 0. The van der Waals surface area contributed by atoms with Gasteiger partial charge in [-0.25, -0.2) is 0 Å². The maximum absolute atomic E-state index is 7.59. The van der Waals surface area contributed by atoms with Gasteiger partial charge in [0.2, 0.25) is 0 Å². The third-order valence-electron chi connectivity index (χ3n) is 0.0791. The molecule has 0 aliphatic heterocycles. The minimum absolute atomic E-state index is 0. The van der Waals surface area contributed by atoms with Crippen molar-refractivity contribution in [1.29, 1.82) is 10.5 Å². The molecule has 1 radical (unpaired) electrons. The van der Waals surface area contributed by atoms with E-state index in [2.05, 4.69) is 0 Å². The molecule has 0 aromatic carbocycles. The van der Waals surface area contributed by atoms with Crippen LogP contribution in [0.4, 0.5) is 0 Å². The van der Waals surface area contributed by atoms with Crippen molar-refractivity contribution in [1.82, 2.24) is 0 Å². The number of hydrogen-bond acceptors (Lipinski definition) is 2. The molecule has 0 fully saturated rings. The van der Waals surface area contributed by atoms with Gasteiger partial charge >= 0.3 is 35.4 Å². The van der Waals surface area contributed by atoms with Crippen LogP contribution in [0, 0.1) is 20.5 Å². The first-order chi connectivity index (χ1) is 2.41. The first kappa shape index (κ1) is 15.9. The van der Waals surface area contributed by atoms with Gasteiger partial charge in [0.25, 0.3) is 0 Å². The van der Waals surface area contributed by atoms with Crippen LogP contribution in [-0.2, 0) is 34.4 Å². The average Bonchev–Trinajstić information content (AvgIpc) is 1.41. The molecule has 0 aromatic rings. The monoisotopic (exact) mass is 211 g/mol. The SMILES string of the molecule is N#[C][Fe][C]#N.[K].[Zn]. The second-order valence-electron chi connectivity index (χ2n) is 0.247. The van der Waals surface area contributed by atoms with Gasteiger partial charge in [-0.2, -0.15) is 0 Å². The molecule has 0 aliphatic rings. The zero-order chi connectivity index (χ0) is 4.12. The predicted molar refractivity (Wildman–Crippen MR) is 17.0 cm³/mol. The molecule has 0 heterocycles. The molecule has 0 spiro atoms. The topological polar surface area (TPSA) is 47.6 Å². The van der Waals surface area contributed by atoms with Gasteiger partial charge in [-0.05, 0) is 0 Å². The van der Waals surface area contributed by atoms with Crippen LogP contribution in [0.3, 0.4) is 0 Å². The van der Waals surface area contributed by atoms with Crippen LogP contribution in [0.15, 0.2) is 0 Å². The van der Waals surface area contributed by atoms with E-state index in [1.165, 1.54) is 0 Å². The Morgan fingerprint density at radius 1 is 1.14 bits per heavy atom. The second-order valence-corrected chi connectivity index (χ2v) is 1.02. The van der Waals surface area contributed by atoms with Gasteiger partial charge in [-0.15, -0.1) is 0 Å². The predicted octanol–water partition coefficient (Wildman–Crippen LogP) is -0.352. The van der Waals surface area contributed by atoms with E-state index in [9.17, 15) is 0 Å². The Labute approximate surface area is 104 Å². The molecule has 0 N–H and O–H groups in total. The molecule has 0 bridgehead atoms. The summed E-state index contributed by atoms with van der Waals surface area (Å²) in [4.78, 5) is 3.31. The molecule has 0 unspecified atom stereocenters. The van der Waals surface area contributed by atoms with E-state index >= 15 is 0 Å². The third-order valence-corrected chi connectivity index (χ3v) is 0.326. The Morgan fingerprint density at radius 2 is 1.43 bits per heavy atom. The van der Waals surface area contributed by atoms with Gasteiger partial charge in [0.05, 0.1) is 0 Å². The van der Waals surface area contributed by atoms with Crippen LogP contribution < -0.4 is 0 Å². The first-order valence-corrected chi connectivity index (χ1v) is 1.90. The molecule has 5 heteroatoms. The van der Waals surface area contributed by atoms with Gasteiger partial charge in [-0.3, -0.25) is 0 Å². The summed E-state index contributed by atoms with van der Waals surface area (Å²) in [6, 6.07) is 0. The Kier molecular flexibility index (Phi) is 35.5. The standard InChI is InChI=1S/2CN.Fe.K.Zn/c2*1-2;;;. The fourth-order valence-electron chi connectivity index (χ4n) is 0.0177. The fourth-order valence-corrected chi connectivity index (χ4v) is 0.0729. The maximum atomic E-state index is 7.59. The number of hydrogen-bond donors (Lipinski definition) is 0. The van der Waals surface area contributed by atoms with Crippen molar-refractivity contribution in [2.24, 2.45) is 0 Å². The van der Waals surface area contributed by atoms with E-state index in [4.69, 9.17) is 10.5 Å². The summed E-state index contributed by atoms with van der Waals surface area (Å²) in [5.74, 6) is 0. The molecule has 0 rings (SSSR count). The van der Waals surface area contributed by atoms with Crippen molar-refractivity contribution < 1.29 is 34.4 Å². The number of nitrogens with zero attached hydrogens (tertiary/aromatic N) is 2. The largest absolute Gasteiger partial charge is 0 e. The Morgan fingerprint density at radius 3 is 1.43 bits per heavy atom. The van der Waals surface area contributed by atoms with Crippen molar-refractivity contribution >= 4 is 51.4 Å². The van der Waals surface area contributed by atoms with E-state index in [0.717, 1.165) is 0 Å². The van der Waals surface area contributed by atoms with Gasteiger partial charge < -0.3 is 0 Å². The Balaban J connectivity index is -0.0000000800.